The summed E-state index contributed by atoms with van der Waals surface area (Å²) in [5.74, 6) is 0.452. The third-order valence-electron chi connectivity index (χ3n) is 2.65. The number of nitrogens with two attached hydrogens (primary N) is 1. The number of fused-ring (bicyclic) bond motifs is 1. The monoisotopic (exact) mass is 222 g/mol. The molecule has 4 heteroatoms. The van der Waals surface area contributed by atoms with Gasteiger partial charge in [-0.3, -0.25) is 9.97 Å². The molecule has 0 amide bonds. The predicted molar refractivity (Wildman–Crippen MR) is 67.2 cm³/mol. The van der Waals surface area contributed by atoms with Gasteiger partial charge >= 0.3 is 0 Å². The van der Waals surface area contributed by atoms with Crippen LogP contribution in [0.3, 0.4) is 0 Å². The molecule has 2 N–H and O–H groups in total. The van der Waals surface area contributed by atoms with E-state index >= 15 is 0 Å². The first kappa shape index (κ1) is 9.72. The van der Waals surface area contributed by atoms with Crippen LogP contribution in [0.4, 0.5) is 5.82 Å². The lowest BCUT2D eigenvalue weighted by molar-refractivity contribution is 1.30. The van der Waals surface area contributed by atoms with Gasteiger partial charge in [0.15, 0.2) is 0 Å². The highest BCUT2D eigenvalue weighted by Crippen LogP contribution is 2.28. The quantitative estimate of drug-likeness (QED) is 0.686. The van der Waals surface area contributed by atoms with Gasteiger partial charge in [0.25, 0.3) is 0 Å². The summed E-state index contributed by atoms with van der Waals surface area (Å²) >= 11 is 0. The van der Waals surface area contributed by atoms with Gasteiger partial charge in [0.1, 0.15) is 11.3 Å². The molecule has 0 aliphatic heterocycles. The van der Waals surface area contributed by atoms with E-state index in [2.05, 4.69) is 15.0 Å². The van der Waals surface area contributed by atoms with Crippen molar-refractivity contribution in [3.8, 4) is 11.1 Å². The average Bonchev–Trinajstić information content (AvgIpc) is 2.41. The molecule has 0 aliphatic carbocycles. The summed E-state index contributed by atoms with van der Waals surface area (Å²) in [6.07, 6.45) is 7.03. The normalized spacial score (nSPS) is 10.6. The Morgan fingerprint density at radius 2 is 1.82 bits per heavy atom. The maximum Gasteiger partial charge on any atom is 0.149 e. The molecule has 3 aromatic heterocycles. The zero-order valence-electron chi connectivity index (χ0n) is 9.04. The minimum absolute atomic E-state index is 0.452. The summed E-state index contributed by atoms with van der Waals surface area (Å²) < 4.78 is 0. The van der Waals surface area contributed by atoms with Crippen molar-refractivity contribution in [2.75, 3.05) is 5.73 Å². The first-order valence-electron chi connectivity index (χ1n) is 5.26. The van der Waals surface area contributed by atoms with Crippen molar-refractivity contribution in [1.82, 2.24) is 15.0 Å². The van der Waals surface area contributed by atoms with E-state index in [-0.39, 0.29) is 0 Å². The zero-order chi connectivity index (χ0) is 11.7. The Kier molecular flexibility index (Phi) is 2.19. The van der Waals surface area contributed by atoms with Crippen LogP contribution in [-0.2, 0) is 0 Å². The second kappa shape index (κ2) is 3.83. The van der Waals surface area contributed by atoms with E-state index < -0.39 is 0 Å². The Hall–Kier alpha value is -2.49. The number of hydrogen-bond donors (Lipinski definition) is 1. The van der Waals surface area contributed by atoms with Crippen molar-refractivity contribution < 1.29 is 0 Å². The lowest BCUT2D eigenvalue weighted by Gasteiger charge is -2.06. The SMILES string of the molecule is Nc1ncc(-c2cccnc2)c2cccnc12. The summed E-state index contributed by atoms with van der Waals surface area (Å²) in [4.78, 5) is 12.5. The Bertz CT molecular complexity index is 665. The van der Waals surface area contributed by atoms with Gasteiger partial charge in [-0.2, -0.15) is 0 Å². The maximum absolute atomic E-state index is 5.81. The molecule has 0 saturated carbocycles. The largest absolute Gasteiger partial charge is 0.382 e. The highest BCUT2D eigenvalue weighted by molar-refractivity contribution is 5.98. The Morgan fingerprint density at radius 1 is 0.941 bits per heavy atom. The molecule has 3 rings (SSSR count). The number of hydrogen-bond acceptors (Lipinski definition) is 4. The molecule has 0 saturated heterocycles. The van der Waals surface area contributed by atoms with Crippen LogP contribution in [0.2, 0.25) is 0 Å². The van der Waals surface area contributed by atoms with Crippen molar-refractivity contribution in [3.63, 3.8) is 0 Å². The minimum Gasteiger partial charge on any atom is -0.382 e. The van der Waals surface area contributed by atoms with Crippen LogP contribution in [0.25, 0.3) is 22.0 Å². The van der Waals surface area contributed by atoms with E-state index in [1.54, 1.807) is 24.8 Å². The van der Waals surface area contributed by atoms with Crippen LogP contribution in [0.1, 0.15) is 0 Å². The number of aromatic nitrogens is 3. The van der Waals surface area contributed by atoms with Crippen molar-refractivity contribution >= 4 is 16.7 Å². The van der Waals surface area contributed by atoms with Gasteiger partial charge in [0.05, 0.1) is 0 Å². The fourth-order valence-electron chi connectivity index (χ4n) is 1.84. The van der Waals surface area contributed by atoms with Crippen molar-refractivity contribution in [2.45, 2.75) is 0 Å². The number of anilines is 1. The second-order valence-corrected chi connectivity index (χ2v) is 3.70. The first-order chi connectivity index (χ1) is 8.36. The van der Waals surface area contributed by atoms with Gasteiger partial charge < -0.3 is 5.73 Å². The fourth-order valence-corrected chi connectivity index (χ4v) is 1.84. The van der Waals surface area contributed by atoms with Gasteiger partial charge in [-0.1, -0.05) is 12.1 Å². The minimum atomic E-state index is 0.452. The molecule has 3 heterocycles. The summed E-state index contributed by atoms with van der Waals surface area (Å²) in [7, 11) is 0. The molecule has 82 valence electrons. The maximum atomic E-state index is 5.81. The van der Waals surface area contributed by atoms with Crippen molar-refractivity contribution in [3.05, 3.63) is 49.1 Å². The molecule has 0 radical (unpaired) electrons. The van der Waals surface area contributed by atoms with E-state index in [1.807, 2.05) is 24.3 Å². The van der Waals surface area contributed by atoms with Gasteiger partial charge in [0.2, 0.25) is 0 Å². The van der Waals surface area contributed by atoms with Crippen LogP contribution in [0, 0.1) is 0 Å². The van der Waals surface area contributed by atoms with Crippen LogP contribution in [-0.4, -0.2) is 15.0 Å². The third kappa shape index (κ3) is 1.59. The topological polar surface area (TPSA) is 64.7 Å². The zero-order valence-corrected chi connectivity index (χ0v) is 9.04. The van der Waals surface area contributed by atoms with Gasteiger partial charge in [-0.05, 0) is 12.1 Å². The van der Waals surface area contributed by atoms with E-state index in [0.717, 1.165) is 22.0 Å². The Labute approximate surface area is 98.2 Å². The molecular formula is C13H10N4. The molecule has 0 aliphatic rings. The molecule has 0 fully saturated rings. The lowest BCUT2D eigenvalue weighted by atomic mass is 10.0. The van der Waals surface area contributed by atoms with E-state index in [1.165, 1.54) is 0 Å². The van der Waals surface area contributed by atoms with Crippen LogP contribution in [0.5, 0.6) is 0 Å². The van der Waals surface area contributed by atoms with Gasteiger partial charge in [-0.25, -0.2) is 4.98 Å². The predicted octanol–water partition coefficient (Wildman–Crippen LogP) is 2.27. The van der Waals surface area contributed by atoms with Crippen LogP contribution >= 0.6 is 0 Å². The first-order valence-corrected chi connectivity index (χ1v) is 5.26. The molecule has 0 spiro atoms. The Morgan fingerprint density at radius 3 is 2.65 bits per heavy atom. The molecule has 17 heavy (non-hydrogen) atoms. The lowest BCUT2D eigenvalue weighted by Crippen LogP contribution is -1.95. The highest BCUT2D eigenvalue weighted by Gasteiger charge is 2.07. The van der Waals surface area contributed by atoms with Crippen molar-refractivity contribution in [2.24, 2.45) is 0 Å². The van der Waals surface area contributed by atoms with Crippen molar-refractivity contribution in [1.29, 1.82) is 0 Å². The molecule has 3 aromatic rings. The fraction of sp³-hybridized carbons (Fsp3) is 0. The summed E-state index contributed by atoms with van der Waals surface area (Å²) in [5.41, 5.74) is 8.55. The average molecular weight is 222 g/mol. The number of nitrogens with zero attached hydrogens (tertiary/aromatic N) is 3. The van der Waals surface area contributed by atoms with Crippen LogP contribution in [0.15, 0.2) is 49.1 Å². The Balaban J connectivity index is 2.35. The summed E-state index contributed by atoms with van der Waals surface area (Å²) in [6.45, 7) is 0. The highest BCUT2D eigenvalue weighted by atomic mass is 14.9. The third-order valence-corrected chi connectivity index (χ3v) is 2.65. The van der Waals surface area contributed by atoms with E-state index in [0.29, 0.717) is 5.82 Å². The second-order valence-electron chi connectivity index (χ2n) is 3.70. The molecule has 0 bridgehead atoms. The standard InChI is InChI=1S/C13H10N4/c14-13-12-10(4-2-6-16-12)11(8-17-13)9-3-1-5-15-7-9/h1-8H,(H2,14,17). The van der Waals surface area contributed by atoms with E-state index in [9.17, 15) is 0 Å². The van der Waals surface area contributed by atoms with Gasteiger partial charge in [0, 0.05) is 41.3 Å². The molecule has 4 nitrogen and oxygen atoms in total. The molecule has 0 aromatic carbocycles. The van der Waals surface area contributed by atoms with E-state index in [4.69, 9.17) is 5.73 Å². The van der Waals surface area contributed by atoms with Gasteiger partial charge in [-0.15, -0.1) is 0 Å². The number of nitrogen functional groups attached to an aromatic ring is 1. The number of pyridine rings is 3. The summed E-state index contributed by atoms with van der Waals surface area (Å²) in [6, 6.07) is 7.77. The van der Waals surface area contributed by atoms with Crippen LogP contribution < -0.4 is 5.73 Å². The molecule has 0 unspecified atom stereocenters. The molecular weight excluding hydrogens is 212 g/mol. The smallest absolute Gasteiger partial charge is 0.149 e. The summed E-state index contributed by atoms with van der Waals surface area (Å²) in [5, 5.41) is 0.994. The molecule has 0 atom stereocenters. The number of rotatable bonds is 1.